The van der Waals surface area contributed by atoms with E-state index in [1.165, 1.54) is 46.9 Å². The minimum atomic E-state index is -1.22. The normalized spacial score (nSPS) is 19.3. The van der Waals surface area contributed by atoms with E-state index in [4.69, 9.17) is 10.6 Å². The first kappa shape index (κ1) is 25.3. The number of hydrogen-bond acceptors (Lipinski definition) is 12. The van der Waals surface area contributed by atoms with Gasteiger partial charge in [-0.2, -0.15) is 0 Å². The van der Waals surface area contributed by atoms with Gasteiger partial charge in [-0.15, -0.1) is 34.4 Å². The third-order valence-electron chi connectivity index (χ3n) is 5.35. The summed E-state index contributed by atoms with van der Waals surface area (Å²) in [7, 11) is 1.28. The van der Waals surface area contributed by atoms with Crippen LogP contribution in [0.3, 0.4) is 0 Å². The van der Waals surface area contributed by atoms with E-state index >= 15 is 0 Å². The maximum atomic E-state index is 13.1. The van der Waals surface area contributed by atoms with E-state index in [1.807, 2.05) is 30.3 Å². The fourth-order valence-corrected chi connectivity index (χ4v) is 7.76. The van der Waals surface area contributed by atoms with Crippen molar-refractivity contribution in [1.29, 1.82) is 0 Å². The van der Waals surface area contributed by atoms with E-state index in [-0.39, 0.29) is 22.2 Å². The molecule has 2 aliphatic rings. The summed E-state index contributed by atoms with van der Waals surface area (Å²) in [5.41, 5.74) is 6.15. The van der Waals surface area contributed by atoms with Gasteiger partial charge in [-0.1, -0.05) is 35.1 Å². The van der Waals surface area contributed by atoms with Crippen LogP contribution in [0.15, 0.2) is 62.0 Å². The summed E-state index contributed by atoms with van der Waals surface area (Å²) < 4.78 is 0.762. The number of hydrogen-bond donors (Lipinski definition) is 3. The molecule has 0 aliphatic carbocycles. The second kappa shape index (κ2) is 10.5. The molecule has 0 bridgehead atoms. The molecular formula is C22H18N6O5S4. The second-order valence-electron chi connectivity index (χ2n) is 7.59. The van der Waals surface area contributed by atoms with Crippen LogP contribution in [0.25, 0.3) is 5.57 Å². The Hall–Kier alpha value is -3.40. The minimum Gasteiger partial charge on any atom is -0.477 e. The molecule has 2 aliphatic heterocycles. The predicted molar refractivity (Wildman–Crippen MR) is 142 cm³/mol. The summed E-state index contributed by atoms with van der Waals surface area (Å²) in [6, 6.07) is 8.79. The first-order valence-electron chi connectivity index (χ1n) is 10.6. The first-order chi connectivity index (χ1) is 17.9. The first-order valence-corrected chi connectivity index (χ1v) is 14.2. The number of oxime groups is 1. The third-order valence-corrected chi connectivity index (χ3v) is 9.44. The third kappa shape index (κ3) is 4.94. The Morgan fingerprint density at radius 3 is 2.78 bits per heavy atom. The minimum absolute atomic E-state index is 0.0998. The number of benzene rings is 1. The summed E-state index contributed by atoms with van der Waals surface area (Å²) in [5.74, 6) is -2.09. The number of β-lactam (4-membered cyclic amide) rings is 1. The number of nitrogens with one attached hydrogen (secondary N) is 1. The molecule has 2 aromatic heterocycles. The summed E-state index contributed by atoms with van der Waals surface area (Å²) in [4.78, 5) is 54.4. The number of carbonyl (C=O) groups excluding carboxylic acids is 2. The van der Waals surface area contributed by atoms with Crippen LogP contribution in [0, 0.1) is 0 Å². The number of thioether (sulfide) groups is 1. The van der Waals surface area contributed by atoms with Gasteiger partial charge in [0.2, 0.25) is 0 Å². The maximum absolute atomic E-state index is 13.1. The molecule has 2 amide bonds. The molecule has 2 atom stereocenters. The van der Waals surface area contributed by atoms with Crippen molar-refractivity contribution in [2.75, 3.05) is 18.6 Å². The Bertz CT molecular complexity index is 1440. The second-order valence-corrected chi connectivity index (χ2v) is 11.9. The van der Waals surface area contributed by atoms with Crippen LogP contribution in [0.4, 0.5) is 5.13 Å². The molecule has 11 nitrogen and oxygen atoms in total. The number of aromatic nitrogens is 2. The van der Waals surface area contributed by atoms with Crippen molar-refractivity contribution in [3.63, 3.8) is 0 Å². The highest BCUT2D eigenvalue weighted by atomic mass is 32.2. The fourth-order valence-electron chi connectivity index (χ4n) is 3.74. The Morgan fingerprint density at radius 2 is 2.11 bits per heavy atom. The van der Waals surface area contributed by atoms with E-state index < -0.39 is 29.2 Å². The number of carbonyl (C=O) groups is 3. The summed E-state index contributed by atoms with van der Waals surface area (Å²) >= 11 is 5.35. The number of nitrogens with two attached hydrogens (primary N) is 1. The van der Waals surface area contributed by atoms with Gasteiger partial charge in [0.05, 0.1) is 4.88 Å². The van der Waals surface area contributed by atoms with E-state index in [2.05, 4.69) is 20.4 Å². The molecule has 37 heavy (non-hydrogen) atoms. The van der Waals surface area contributed by atoms with Gasteiger partial charge in [0.1, 0.15) is 29.9 Å². The van der Waals surface area contributed by atoms with Gasteiger partial charge in [-0.3, -0.25) is 14.5 Å². The molecule has 4 N–H and O–H groups in total. The Labute approximate surface area is 226 Å². The Morgan fingerprint density at radius 1 is 1.32 bits per heavy atom. The van der Waals surface area contributed by atoms with Gasteiger partial charge in [0.15, 0.2) is 15.2 Å². The van der Waals surface area contributed by atoms with Crippen molar-refractivity contribution >= 4 is 80.4 Å². The number of carboxylic acids is 1. The number of aliphatic carboxylic acids is 1. The quantitative estimate of drug-likeness (QED) is 0.207. The number of rotatable bonds is 8. The molecule has 0 radical (unpaired) electrons. The number of nitrogen functional groups attached to an aromatic ring is 1. The summed E-state index contributed by atoms with van der Waals surface area (Å²) in [5, 5.41) is 17.6. The van der Waals surface area contributed by atoms with Crippen LogP contribution in [0.1, 0.15) is 10.6 Å². The summed E-state index contributed by atoms with van der Waals surface area (Å²) in [6.07, 6.45) is 1.63. The van der Waals surface area contributed by atoms with Crippen LogP contribution in [-0.4, -0.2) is 67.7 Å². The Kier molecular flexibility index (Phi) is 7.19. The average molecular weight is 575 g/mol. The van der Waals surface area contributed by atoms with Crippen molar-refractivity contribution < 1.29 is 24.3 Å². The van der Waals surface area contributed by atoms with Crippen molar-refractivity contribution in [2.24, 2.45) is 5.16 Å². The number of fused-ring (bicyclic) bond motifs is 1. The number of anilines is 1. The standard InChI is InChI=1S/C22H18N6O5S4/c1-33-27-14(12-9-35-21(23)25-12)17(29)26-15-18(30)28-16(20(31)32)11(8-34-19(15)28)13-7-24-22(37-13)36-10-5-3-2-4-6-10/h2-7,9,15,19H,8H2,1H3,(H2,23,25)(H,26,29)(H,31,32)/b27-14+/t15-,19-/m1/s1. The van der Waals surface area contributed by atoms with Crippen molar-refractivity contribution in [3.05, 3.63) is 58.2 Å². The molecule has 0 saturated carbocycles. The molecule has 0 unspecified atom stereocenters. The highest BCUT2D eigenvalue weighted by Crippen LogP contribution is 2.45. The molecule has 190 valence electrons. The topological polar surface area (TPSA) is 160 Å². The van der Waals surface area contributed by atoms with Crippen LogP contribution in [0.2, 0.25) is 0 Å². The van der Waals surface area contributed by atoms with E-state index in [1.54, 1.807) is 11.6 Å². The molecular weight excluding hydrogens is 557 g/mol. The lowest BCUT2D eigenvalue weighted by molar-refractivity contribution is -0.149. The number of carboxylic acid groups (broad SMARTS) is 1. The molecule has 5 rings (SSSR count). The van der Waals surface area contributed by atoms with E-state index in [0.717, 1.165) is 20.6 Å². The molecule has 1 fully saturated rings. The van der Waals surface area contributed by atoms with E-state index in [9.17, 15) is 19.5 Å². The van der Waals surface area contributed by atoms with Gasteiger partial charge in [0, 0.05) is 27.8 Å². The van der Waals surface area contributed by atoms with Gasteiger partial charge >= 0.3 is 5.97 Å². The van der Waals surface area contributed by atoms with Crippen molar-refractivity contribution in [2.45, 2.75) is 20.7 Å². The smallest absolute Gasteiger partial charge is 0.353 e. The zero-order chi connectivity index (χ0) is 26.1. The van der Waals surface area contributed by atoms with Crippen molar-refractivity contribution in [3.8, 4) is 0 Å². The zero-order valence-corrected chi connectivity index (χ0v) is 22.2. The highest BCUT2D eigenvalue weighted by molar-refractivity contribution is 8.01. The number of amides is 2. The SMILES string of the molecule is CO/N=C(/C(=O)N[C@@H]1C(=O)N2C(C(=O)O)=C(c3cnc(Sc4ccccc4)s3)CS[C@H]12)c1csc(N)n1. The van der Waals surface area contributed by atoms with Crippen LogP contribution >= 0.6 is 46.2 Å². The lowest BCUT2D eigenvalue weighted by Gasteiger charge is -2.49. The Balaban J connectivity index is 1.35. The summed E-state index contributed by atoms with van der Waals surface area (Å²) in [6.45, 7) is 0. The number of thiazole rings is 2. The van der Waals surface area contributed by atoms with E-state index in [0.29, 0.717) is 16.2 Å². The fraction of sp³-hybridized carbons (Fsp3) is 0.182. The lowest BCUT2D eigenvalue weighted by atomic mass is 10.0. The maximum Gasteiger partial charge on any atom is 0.353 e. The molecule has 1 saturated heterocycles. The molecule has 3 aromatic rings. The van der Waals surface area contributed by atoms with Gasteiger partial charge in [0.25, 0.3) is 11.8 Å². The lowest BCUT2D eigenvalue weighted by Crippen LogP contribution is -2.71. The molecule has 0 spiro atoms. The molecule has 15 heteroatoms. The van der Waals surface area contributed by atoms with Gasteiger partial charge in [-0.25, -0.2) is 14.8 Å². The van der Waals surface area contributed by atoms with Gasteiger partial charge < -0.3 is 21.0 Å². The molecule has 1 aromatic carbocycles. The van der Waals surface area contributed by atoms with Crippen LogP contribution < -0.4 is 11.1 Å². The van der Waals surface area contributed by atoms with Crippen LogP contribution in [0.5, 0.6) is 0 Å². The largest absolute Gasteiger partial charge is 0.477 e. The highest BCUT2D eigenvalue weighted by Gasteiger charge is 2.54. The average Bonchev–Trinajstić information content (AvgIpc) is 3.54. The molecule has 4 heterocycles. The van der Waals surface area contributed by atoms with Crippen molar-refractivity contribution in [1.82, 2.24) is 20.2 Å². The monoisotopic (exact) mass is 574 g/mol. The predicted octanol–water partition coefficient (Wildman–Crippen LogP) is 2.58. The number of nitrogens with zero attached hydrogens (tertiary/aromatic N) is 4. The zero-order valence-electron chi connectivity index (χ0n) is 19.0. The van der Waals surface area contributed by atoms with Gasteiger partial charge in [-0.05, 0) is 12.1 Å². The van der Waals surface area contributed by atoms with Crippen LogP contribution in [-0.2, 0) is 19.2 Å².